The molecule has 1 aromatic carbocycles. The minimum atomic E-state index is -0.870. The minimum Gasteiger partial charge on any atom is -0.449 e. The molecule has 0 N–H and O–H groups in total. The number of ether oxygens (including phenoxy) is 1. The molecule has 0 bridgehead atoms. The number of nitro benzene ring substituents is 1. The third-order valence-corrected chi connectivity index (χ3v) is 2.64. The summed E-state index contributed by atoms with van der Waals surface area (Å²) in [7, 11) is 0. The summed E-state index contributed by atoms with van der Waals surface area (Å²) in [6.07, 6.45) is -0.870. The van der Waals surface area contributed by atoms with Crippen molar-refractivity contribution in [1.29, 1.82) is 5.26 Å². The van der Waals surface area contributed by atoms with Gasteiger partial charge in [0.2, 0.25) is 5.76 Å². The van der Waals surface area contributed by atoms with Crippen molar-refractivity contribution in [2.24, 2.45) is 0 Å². The summed E-state index contributed by atoms with van der Waals surface area (Å²) < 4.78 is 10.1. The second-order valence-electron chi connectivity index (χ2n) is 4.14. The van der Waals surface area contributed by atoms with Gasteiger partial charge >= 0.3 is 5.97 Å². The van der Waals surface area contributed by atoms with Crippen LogP contribution in [0.3, 0.4) is 0 Å². The summed E-state index contributed by atoms with van der Waals surface area (Å²) in [5.74, 6) is -0.399. The predicted octanol–water partition coefficient (Wildman–Crippen LogP) is 2.92. The largest absolute Gasteiger partial charge is 0.449 e. The van der Waals surface area contributed by atoms with Crippen LogP contribution >= 0.6 is 0 Å². The van der Waals surface area contributed by atoms with Gasteiger partial charge in [-0.25, -0.2) is 4.79 Å². The molecule has 1 aromatic heterocycles. The van der Waals surface area contributed by atoms with Gasteiger partial charge in [-0.15, -0.1) is 0 Å². The number of benzene rings is 1. The Kier molecular flexibility index (Phi) is 4.00. The maximum atomic E-state index is 11.6. The lowest BCUT2D eigenvalue weighted by Crippen LogP contribution is -2.12. The number of carbonyl (C=O) groups excluding carboxylic acids is 1. The van der Waals surface area contributed by atoms with Crippen molar-refractivity contribution in [2.45, 2.75) is 13.0 Å². The van der Waals surface area contributed by atoms with Gasteiger partial charge in [0.1, 0.15) is 11.8 Å². The minimum absolute atomic E-state index is 0.0345. The molecule has 0 saturated carbocycles. The molecule has 0 aliphatic heterocycles. The van der Waals surface area contributed by atoms with Crippen molar-refractivity contribution < 1.29 is 18.9 Å². The highest BCUT2D eigenvalue weighted by Gasteiger charge is 2.16. The molecular weight excluding hydrogens is 276 g/mol. The number of nitro groups is 1. The molecule has 0 spiro atoms. The lowest BCUT2D eigenvalue weighted by atomic mass is 10.1. The summed E-state index contributed by atoms with van der Waals surface area (Å²) >= 11 is 0. The Hall–Kier alpha value is -3.14. The molecule has 0 unspecified atom stereocenters. The van der Waals surface area contributed by atoms with E-state index in [0.717, 1.165) is 0 Å². The van der Waals surface area contributed by atoms with E-state index in [4.69, 9.17) is 14.4 Å². The Labute approximate surface area is 119 Å². The summed E-state index contributed by atoms with van der Waals surface area (Å²) in [5.41, 5.74) is 0.556. The molecule has 106 valence electrons. The maximum absolute atomic E-state index is 11.6. The van der Waals surface area contributed by atoms with Crippen LogP contribution in [0.25, 0.3) is 11.3 Å². The topological polar surface area (TPSA) is 106 Å². The molecule has 1 heterocycles. The van der Waals surface area contributed by atoms with E-state index in [9.17, 15) is 14.9 Å². The van der Waals surface area contributed by atoms with Gasteiger partial charge in [-0.3, -0.25) is 10.1 Å². The van der Waals surface area contributed by atoms with Crippen molar-refractivity contribution >= 4 is 11.7 Å². The van der Waals surface area contributed by atoms with Crippen LogP contribution in [0.1, 0.15) is 17.5 Å². The van der Waals surface area contributed by atoms with Gasteiger partial charge in [-0.05, 0) is 31.2 Å². The molecule has 1 atom stereocenters. The monoisotopic (exact) mass is 286 g/mol. The number of non-ortho nitro benzene ring substituents is 1. The molecule has 2 aromatic rings. The Balaban J connectivity index is 2.18. The fourth-order valence-corrected chi connectivity index (χ4v) is 1.60. The normalized spacial score (nSPS) is 11.4. The summed E-state index contributed by atoms with van der Waals surface area (Å²) in [6, 6.07) is 10.5. The highest BCUT2D eigenvalue weighted by molar-refractivity contribution is 5.87. The van der Waals surface area contributed by atoms with Crippen LogP contribution in [0.15, 0.2) is 40.8 Å². The van der Waals surface area contributed by atoms with E-state index in [-0.39, 0.29) is 11.4 Å². The van der Waals surface area contributed by atoms with Gasteiger partial charge < -0.3 is 9.15 Å². The van der Waals surface area contributed by atoms with Crippen molar-refractivity contribution in [1.82, 2.24) is 0 Å². The Morgan fingerprint density at radius 3 is 2.57 bits per heavy atom. The zero-order chi connectivity index (χ0) is 15.4. The van der Waals surface area contributed by atoms with E-state index in [2.05, 4.69) is 0 Å². The average Bonchev–Trinajstić information content (AvgIpc) is 2.97. The van der Waals surface area contributed by atoms with Crippen LogP contribution in [0.2, 0.25) is 0 Å². The fraction of sp³-hybridized carbons (Fsp3) is 0.143. The van der Waals surface area contributed by atoms with Crippen molar-refractivity contribution in [3.05, 3.63) is 52.3 Å². The standard InChI is InChI=1S/C14H10N2O5/c1-9(8-15)20-14(17)13-7-6-12(21-13)10-2-4-11(5-3-10)16(18)19/h2-7,9H,1H3/t9-/m1/s1. The summed E-state index contributed by atoms with van der Waals surface area (Å²) in [4.78, 5) is 21.7. The van der Waals surface area contributed by atoms with E-state index in [1.807, 2.05) is 0 Å². The SMILES string of the molecule is C[C@H](C#N)OC(=O)c1ccc(-c2ccc([N+](=O)[O-])cc2)o1. The molecule has 0 saturated heterocycles. The van der Waals surface area contributed by atoms with Crippen molar-refractivity contribution in [3.8, 4) is 17.4 Å². The third kappa shape index (κ3) is 3.25. The quantitative estimate of drug-likeness (QED) is 0.486. The first-order valence-electron chi connectivity index (χ1n) is 5.96. The number of hydrogen-bond acceptors (Lipinski definition) is 6. The van der Waals surface area contributed by atoms with Crippen molar-refractivity contribution in [3.63, 3.8) is 0 Å². The number of carbonyl (C=O) groups is 1. The summed E-state index contributed by atoms with van der Waals surface area (Å²) in [6.45, 7) is 1.44. The number of hydrogen-bond donors (Lipinski definition) is 0. The first-order chi connectivity index (χ1) is 10.0. The third-order valence-electron chi connectivity index (χ3n) is 2.64. The zero-order valence-electron chi connectivity index (χ0n) is 11.0. The molecule has 21 heavy (non-hydrogen) atoms. The van der Waals surface area contributed by atoms with Gasteiger partial charge in [0, 0.05) is 17.7 Å². The molecular formula is C14H10N2O5. The number of nitrogens with zero attached hydrogens (tertiary/aromatic N) is 2. The van der Waals surface area contributed by atoms with E-state index in [1.165, 1.54) is 37.3 Å². The predicted molar refractivity (Wildman–Crippen MR) is 71.3 cm³/mol. The number of nitriles is 1. The highest BCUT2D eigenvalue weighted by Crippen LogP contribution is 2.24. The Morgan fingerprint density at radius 2 is 2.00 bits per heavy atom. The molecule has 0 aliphatic rings. The van der Waals surface area contributed by atoms with Gasteiger partial charge in [0.25, 0.3) is 5.69 Å². The zero-order valence-corrected chi connectivity index (χ0v) is 11.0. The molecule has 0 aliphatic carbocycles. The molecule has 2 rings (SSSR count). The molecule has 0 radical (unpaired) electrons. The molecule has 7 heteroatoms. The number of rotatable bonds is 4. The van der Waals surface area contributed by atoms with Crippen LogP contribution in [0, 0.1) is 21.4 Å². The van der Waals surface area contributed by atoms with Crippen LogP contribution in [-0.2, 0) is 4.74 Å². The molecule has 0 amide bonds. The fourth-order valence-electron chi connectivity index (χ4n) is 1.60. The first kappa shape index (κ1) is 14.3. The highest BCUT2D eigenvalue weighted by atomic mass is 16.6. The van der Waals surface area contributed by atoms with Crippen LogP contribution in [-0.4, -0.2) is 17.0 Å². The molecule has 0 fully saturated rings. The van der Waals surface area contributed by atoms with Gasteiger partial charge in [-0.2, -0.15) is 5.26 Å². The maximum Gasteiger partial charge on any atom is 0.375 e. The summed E-state index contributed by atoms with van der Waals surface area (Å²) in [5, 5.41) is 19.1. The second-order valence-corrected chi connectivity index (χ2v) is 4.14. The average molecular weight is 286 g/mol. The van der Waals surface area contributed by atoms with E-state index in [1.54, 1.807) is 12.1 Å². The van der Waals surface area contributed by atoms with Crippen LogP contribution in [0.5, 0.6) is 0 Å². The molecule has 7 nitrogen and oxygen atoms in total. The van der Waals surface area contributed by atoms with Crippen LogP contribution < -0.4 is 0 Å². The lowest BCUT2D eigenvalue weighted by molar-refractivity contribution is -0.384. The van der Waals surface area contributed by atoms with Gasteiger partial charge in [-0.1, -0.05) is 0 Å². The second kappa shape index (κ2) is 5.88. The number of furan rings is 1. The van der Waals surface area contributed by atoms with Gasteiger partial charge in [0.05, 0.1) is 4.92 Å². The smallest absolute Gasteiger partial charge is 0.375 e. The van der Waals surface area contributed by atoms with Gasteiger partial charge in [0.15, 0.2) is 6.10 Å². The van der Waals surface area contributed by atoms with Crippen LogP contribution in [0.4, 0.5) is 5.69 Å². The Morgan fingerprint density at radius 1 is 1.33 bits per heavy atom. The van der Waals surface area contributed by atoms with E-state index < -0.39 is 17.0 Å². The van der Waals surface area contributed by atoms with Crippen molar-refractivity contribution in [2.75, 3.05) is 0 Å². The van der Waals surface area contributed by atoms with E-state index in [0.29, 0.717) is 11.3 Å². The first-order valence-corrected chi connectivity index (χ1v) is 5.96. The van der Waals surface area contributed by atoms with E-state index >= 15 is 0 Å². The lowest BCUT2D eigenvalue weighted by Gasteiger charge is -2.03. The number of esters is 1. The Bertz CT molecular complexity index is 712.